The summed E-state index contributed by atoms with van der Waals surface area (Å²) in [6.07, 6.45) is 21.8. The van der Waals surface area contributed by atoms with Crippen molar-refractivity contribution in [1.82, 2.24) is 0 Å². The Hall–Kier alpha value is -2.22. The maximum absolute atomic E-state index is 14.8. The van der Waals surface area contributed by atoms with Crippen molar-refractivity contribution in [2.75, 3.05) is 0 Å². The lowest BCUT2D eigenvalue weighted by atomic mass is 9.77. The molecule has 194 valence electrons. The quantitative estimate of drug-likeness (QED) is 0.307. The molecular formula is C34H44F2. The molecule has 0 saturated heterocycles. The van der Waals surface area contributed by atoms with Gasteiger partial charge in [-0.15, -0.1) is 0 Å². The second-order valence-corrected chi connectivity index (χ2v) is 11.2. The molecule has 2 aromatic carbocycles. The summed E-state index contributed by atoms with van der Waals surface area (Å²) in [5.41, 5.74) is 3.67. The number of hydrogen-bond acceptors (Lipinski definition) is 0. The summed E-state index contributed by atoms with van der Waals surface area (Å²) in [5, 5.41) is 0. The molecular weight excluding hydrogens is 446 g/mol. The van der Waals surface area contributed by atoms with E-state index < -0.39 is 0 Å². The lowest BCUT2D eigenvalue weighted by Gasteiger charge is -2.28. The summed E-state index contributed by atoms with van der Waals surface area (Å²) in [6, 6.07) is 11.6. The average Bonchev–Trinajstić information content (AvgIpc) is 2.89. The van der Waals surface area contributed by atoms with E-state index in [9.17, 15) is 8.78 Å². The lowest BCUT2D eigenvalue weighted by Crippen LogP contribution is -2.13. The summed E-state index contributed by atoms with van der Waals surface area (Å²) in [5.74, 6) is 2.29. The van der Waals surface area contributed by atoms with Crippen molar-refractivity contribution in [3.8, 4) is 0 Å². The SMILES string of the molecule is C/C=C/C1CCC(c2ccc(CC/C=C/c3ccc(C4CCC(CCC)CC4)cc3F)c(F)c2)CC1. The Kier molecular flexibility index (Phi) is 9.96. The van der Waals surface area contributed by atoms with E-state index in [0.717, 1.165) is 35.4 Å². The third-order valence-electron chi connectivity index (χ3n) is 8.70. The topological polar surface area (TPSA) is 0 Å². The first-order valence-corrected chi connectivity index (χ1v) is 14.4. The van der Waals surface area contributed by atoms with Crippen molar-refractivity contribution in [2.45, 2.75) is 103 Å². The second kappa shape index (κ2) is 13.4. The molecule has 0 aliphatic heterocycles. The van der Waals surface area contributed by atoms with Crippen molar-refractivity contribution in [3.05, 3.63) is 88.5 Å². The number of halogens is 2. The van der Waals surface area contributed by atoms with Crippen molar-refractivity contribution in [2.24, 2.45) is 11.8 Å². The monoisotopic (exact) mass is 490 g/mol. The Bertz CT molecular complexity index is 1020. The molecule has 2 aromatic rings. The maximum atomic E-state index is 14.8. The molecule has 2 saturated carbocycles. The van der Waals surface area contributed by atoms with Gasteiger partial charge in [-0.3, -0.25) is 0 Å². The Morgan fingerprint density at radius 2 is 1.44 bits per heavy atom. The Balaban J connectivity index is 1.27. The summed E-state index contributed by atoms with van der Waals surface area (Å²) in [4.78, 5) is 0. The van der Waals surface area contributed by atoms with E-state index in [-0.39, 0.29) is 11.6 Å². The number of hydrogen-bond donors (Lipinski definition) is 0. The highest BCUT2D eigenvalue weighted by atomic mass is 19.1. The molecule has 0 bridgehead atoms. The zero-order chi connectivity index (χ0) is 25.3. The smallest absolute Gasteiger partial charge is 0.130 e. The Morgan fingerprint density at radius 3 is 2.06 bits per heavy atom. The van der Waals surface area contributed by atoms with Crippen LogP contribution in [0.3, 0.4) is 0 Å². The number of aryl methyl sites for hydroxylation is 1. The molecule has 2 aliphatic rings. The second-order valence-electron chi connectivity index (χ2n) is 11.2. The summed E-state index contributed by atoms with van der Waals surface area (Å²) >= 11 is 0. The van der Waals surface area contributed by atoms with Crippen LogP contribution in [0.5, 0.6) is 0 Å². The fourth-order valence-corrected chi connectivity index (χ4v) is 6.51. The third-order valence-corrected chi connectivity index (χ3v) is 8.70. The molecule has 0 spiro atoms. The average molecular weight is 491 g/mol. The van der Waals surface area contributed by atoms with E-state index in [2.05, 4.69) is 38.1 Å². The first-order chi connectivity index (χ1) is 17.6. The van der Waals surface area contributed by atoms with Crippen LogP contribution in [-0.2, 0) is 6.42 Å². The third kappa shape index (κ3) is 7.17. The number of benzene rings is 2. The van der Waals surface area contributed by atoms with Crippen LogP contribution >= 0.6 is 0 Å². The highest BCUT2D eigenvalue weighted by Gasteiger charge is 2.23. The number of allylic oxidation sites excluding steroid dienone is 3. The van der Waals surface area contributed by atoms with E-state index >= 15 is 0 Å². The standard InChI is InChI=1S/C34H44F2/c1-3-7-25-11-15-27(16-12-25)31-21-19-29(33(35)23-31)9-5-6-10-30-20-22-32(24-34(30)36)28-17-13-26(8-4-2)14-18-28/h3,6-7,10,19-28H,4-5,8-9,11-18H2,1-2H3/b7-3+,10-6+. The zero-order valence-corrected chi connectivity index (χ0v) is 22.3. The Morgan fingerprint density at radius 1 is 0.806 bits per heavy atom. The van der Waals surface area contributed by atoms with Crippen molar-refractivity contribution in [3.63, 3.8) is 0 Å². The lowest BCUT2D eigenvalue weighted by molar-refractivity contribution is 0.308. The predicted molar refractivity (Wildman–Crippen MR) is 149 cm³/mol. The van der Waals surface area contributed by atoms with Crippen LogP contribution in [0.15, 0.2) is 54.6 Å². The highest BCUT2D eigenvalue weighted by Crippen LogP contribution is 2.38. The summed E-state index contributed by atoms with van der Waals surface area (Å²) in [6.45, 7) is 4.35. The van der Waals surface area contributed by atoms with E-state index in [1.54, 1.807) is 12.1 Å². The van der Waals surface area contributed by atoms with Crippen molar-refractivity contribution < 1.29 is 8.78 Å². The zero-order valence-electron chi connectivity index (χ0n) is 22.3. The molecule has 0 nitrogen and oxygen atoms in total. The van der Waals surface area contributed by atoms with Gasteiger partial charge < -0.3 is 0 Å². The van der Waals surface area contributed by atoms with Crippen LogP contribution in [-0.4, -0.2) is 0 Å². The summed E-state index contributed by atoms with van der Waals surface area (Å²) < 4.78 is 29.6. The van der Waals surface area contributed by atoms with Gasteiger partial charge in [-0.25, -0.2) is 8.78 Å². The normalized spacial score (nSPS) is 25.1. The van der Waals surface area contributed by atoms with Gasteiger partial charge in [0.25, 0.3) is 0 Å². The molecule has 2 heteroatoms. The van der Waals surface area contributed by atoms with Gasteiger partial charge in [-0.2, -0.15) is 0 Å². The molecule has 36 heavy (non-hydrogen) atoms. The van der Waals surface area contributed by atoms with Gasteiger partial charge in [0.2, 0.25) is 0 Å². The molecule has 0 unspecified atom stereocenters. The maximum Gasteiger partial charge on any atom is 0.130 e. The van der Waals surface area contributed by atoms with Gasteiger partial charge in [-0.1, -0.05) is 68.3 Å². The van der Waals surface area contributed by atoms with E-state index in [0.29, 0.717) is 36.2 Å². The van der Waals surface area contributed by atoms with Crippen molar-refractivity contribution >= 4 is 6.08 Å². The van der Waals surface area contributed by atoms with E-state index in [1.807, 2.05) is 24.3 Å². The first-order valence-electron chi connectivity index (χ1n) is 14.4. The van der Waals surface area contributed by atoms with Crippen LogP contribution in [0.2, 0.25) is 0 Å². The van der Waals surface area contributed by atoms with Crippen LogP contribution in [0.25, 0.3) is 6.08 Å². The molecule has 0 atom stereocenters. The minimum atomic E-state index is -0.140. The molecule has 4 rings (SSSR count). The molecule has 0 heterocycles. The summed E-state index contributed by atoms with van der Waals surface area (Å²) in [7, 11) is 0. The van der Waals surface area contributed by atoms with Crippen LogP contribution in [0, 0.1) is 23.5 Å². The first kappa shape index (κ1) is 26.8. The molecule has 2 fully saturated rings. The van der Waals surface area contributed by atoms with Gasteiger partial charge in [0, 0.05) is 5.56 Å². The largest absolute Gasteiger partial charge is 0.207 e. The van der Waals surface area contributed by atoms with Gasteiger partial charge in [-0.05, 0) is 124 Å². The molecule has 0 radical (unpaired) electrons. The number of rotatable bonds is 9. The Labute approximate surface area is 217 Å². The molecule has 2 aliphatic carbocycles. The van der Waals surface area contributed by atoms with E-state index in [4.69, 9.17) is 0 Å². The molecule has 0 amide bonds. The van der Waals surface area contributed by atoms with Gasteiger partial charge in [0.1, 0.15) is 11.6 Å². The van der Waals surface area contributed by atoms with Crippen LogP contribution < -0.4 is 0 Å². The van der Waals surface area contributed by atoms with Crippen molar-refractivity contribution in [1.29, 1.82) is 0 Å². The van der Waals surface area contributed by atoms with Gasteiger partial charge in [0.05, 0.1) is 0 Å². The van der Waals surface area contributed by atoms with Gasteiger partial charge >= 0.3 is 0 Å². The highest BCUT2D eigenvalue weighted by molar-refractivity contribution is 5.51. The van der Waals surface area contributed by atoms with Crippen LogP contribution in [0.4, 0.5) is 8.78 Å². The predicted octanol–water partition coefficient (Wildman–Crippen LogP) is 10.5. The minimum Gasteiger partial charge on any atom is -0.207 e. The fourth-order valence-electron chi connectivity index (χ4n) is 6.51. The minimum absolute atomic E-state index is 0.0966. The molecule has 0 N–H and O–H groups in total. The van der Waals surface area contributed by atoms with Gasteiger partial charge in [0.15, 0.2) is 0 Å². The molecule has 0 aromatic heterocycles. The van der Waals surface area contributed by atoms with E-state index in [1.165, 1.54) is 51.4 Å². The van der Waals surface area contributed by atoms with Crippen LogP contribution in [0.1, 0.15) is 119 Å². The fraction of sp³-hybridized carbons (Fsp3) is 0.529.